The third-order valence-electron chi connectivity index (χ3n) is 6.88. The number of nitro groups is 1. The van der Waals surface area contributed by atoms with Gasteiger partial charge in [0, 0.05) is 24.0 Å². The quantitative estimate of drug-likeness (QED) is 0.311. The number of likely N-dealkylation sites (tertiary alicyclic amines) is 1. The minimum absolute atomic E-state index is 0.0216. The lowest BCUT2D eigenvalue weighted by atomic mass is 9.97. The fraction of sp³-hybridized carbons (Fsp3) is 0.385. The molecular formula is C26H26ClF3N4O4. The average Bonchev–Trinajstić information content (AvgIpc) is 3.21. The van der Waals surface area contributed by atoms with Crippen LogP contribution in [0.2, 0.25) is 5.02 Å². The van der Waals surface area contributed by atoms with Gasteiger partial charge < -0.3 is 14.8 Å². The number of rotatable bonds is 6. The Morgan fingerprint density at radius 3 is 2.42 bits per heavy atom. The van der Waals surface area contributed by atoms with Crippen molar-refractivity contribution in [3.63, 3.8) is 0 Å². The summed E-state index contributed by atoms with van der Waals surface area (Å²) >= 11 is 6.05. The first-order chi connectivity index (χ1) is 17.8. The van der Waals surface area contributed by atoms with Gasteiger partial charge in [-0.25, -0.2) is 0 Å². The van der Waals surface area contributed by atoms with E-state index in [2.05, 4.69) is 4.98 Å². The number of anilines is 1. The molecule has 38 heavy (non-hydrogen) atoms. The number of carbonyl (C=O) groups excluding carboxylic acids is 1. The topological polar surface area (TPSA) is 99.5 Å². The Labute approximate surface area is 221 Å². The number of alkyl halides is 3. The van der Waals surface area contributed by atoms with Crippen LogP contribution in [-0.4, -0.2) is 53.1 Å². The van der Waals surface area contributed by atoms with Crippen LogP contribution >= 0.6 is 11.6 Å². The van der Waals surface area contributed by atoms with E-state index in [1.807, 2.05) is 18.0 Å². The summed E-state index contributed by atoms with van der Waals surface area (Å²) in [6, 6.07) is 7.15. The van der Waals surface area contributed by atoms with Crippen molar-refractivity contribution < 1.29 is 22.9 Å². The Morgan fingerprint density at radius 1 is 1.21 bits per heavy atom. The predicted octanol–water partition coefficient (Wildman–Crippen LogP) is 5.75. The van der Waals surface area contributed by atoms with E-state index in [1.54, 1.807) is 26.0 Å². The van der Waals surface area contributed by atoms with E-state index in [1.165, 1.54) is 0 Å². The van der Waals surface area contributed by atoms with E-state index in [4.69, 9.17) is 11.6 Å². The molecule has 1 aliphatic heterocycles. The van der Waals surface area contributed by atoms with Crippen molar-refractivity contribution in [2.45, 2.75) is 45.3 Å². The third kappa shape index (κ3) is 5.39. The number of hydrogen-bond acceptors (Lipinski definition) is 5. The predicted molar refractivity (Wildman–Crippen MR) is 140 cm³/mol. The van der Waals surface area contributed by atoms with Gasteiger partial charge in [0.15, 0.2) is 0 Å². The molecule has 3 aromatic rings. The maximum atomic E-state index is 14.0. The van der Waals surface area contributed by atoms with Gasteiger partial charge in [-0.15, -0.1) is 0 Å². The highest BCUT2D eigenvalue weighted by atomic mass is 35.5. The van der Waals surface area contributed by atoms with Gasteiger partial charge in [0.05, 0.1) is 21.7 Å². The molecule has 4 rings (SSSR count). The summed E-state index contributed by atoms with van der Waals surface area (Å²) in [7, 11) is 1.86. The van der Waals surface area contributed by atoms with Crippen LogP contribution < -0.4 is 10.5 Å². The molecule has 2 aromatic carbocycles. The van der Waals surface area contributed by atoms with Crippen LogP contribution in [0.5, 0.6) is 0 Å². The molecule has 1 N–H and O–H groups in total. The first kappa shape index (κ1) is 27.6. The maximum Gasteiger partial charge on any atom is 0.471 e. The van der Waals surface area contributed by atoms with Gasteiger partial charge >= 0.3 is 12.1 Å². The number of nitrogens with zero attached hydrogens (tertiary/aromatic N) is 3. The molecule has 1 amide bonds. The van der Waals surface area contributed by atoms with Crippen molar-refractivity contribution in [3.8, 4) is 11.1 Å². The molecule has 12 heteroatoms. The molecule has 1 unspecified atom stereocenters. The molecule has 1 aliphatic rings. The molecule has 202 valence electrons. The monoisotopic (exact) mass is 550 g/mol. The number of H-pyrrole nitrogens is 1. The number of nitro benzene ring substituents is 1. The van der Waals surface area contributed by atoms with Gasteiger partial charge in [0.2, 0.25) is 0 Å². The fourth-order valence-electron chi connectivity index (χ4n) is 5.19. The fourth-order valence-corrected chi connectivity index (χ4v) is 5.42. The number of fused-ring (bicyclic) bond motifs is 1. The number of amides is 1. The molecule has 0 bridgehead atoms. The number of halogens is 4. The highest BCUT2D eigenvalue weighted by Gasteiger charge is 2.44. The van der Waals surface area contributed by atoms with Gasteiger partial charge in [-0.1, -0.05) is 40.9 Å². The van der Waals surface area contributed by atoms with Gasteiger partial charge in [-0.05, 0) is 58.3 Å². The van der Waals surface area contributed by atoms with Crippen molar-refractivity contribution in [2.24, 2.45) is 0 Å². The van der Waals surface area contributed by atoms with Crippen molar-refractivity contribution in [1.29, 1.82) is 0 Å². The standard InChI is InChI=1S/C26H26ClF3N4O4/c1-14-9-15(2)11-16(10-14)22-23(18-12-21(34(37)38)19(27)13-20(18)31-24(22)35)33(25(36)26(28,29)30)8-6-17-5-4-7-32(17)3/h9-13,17H,4-8H2,1-3H3,(H,31,35). The summed E-state index contributed by atoms with van der Waals surface area (Å²) in [5, 5.41) is 11.3. The van der Waals surface area contributed by atoms with Crippen LogP contribution in [0, 0.1) is 24.0 Å². The summed E-state index contributed by atoms with van der Waals surface area (Å²) in [5.74, 6) is -2.16. The Morgan fingerprint density at radius 2 is 1.87 bits per heavy atom. The van der Waals surface area contributed by atoms with Crippen molar-refractivity contribution in [2.75, 3.05) is 25.0 Å². The first-order valence-corrected chi connectivity index (χ1v) is 12.4. The van der Waals surface area contributed by atoms with E-state index in [-0.39, 0.29) is 51.7 Å². The smallest absolute Gasteiger partial charge is 0.321 e. The van der Waals surface area contributed by atoms with Crippen molar-refractivity contribution >= 4 is 39.8 Å². The van der Waals surface area contributed by atoms with Crippen LogP contribution in [0.1, 0.15) is 30.4 Å². The summed E-state index contributed by atoms with van der Waals surface area (Å²) < 4.78 is 41.9. The van der Waals surface area contributed by atoms with E-state index in [0.717, 1.165) is 42.6 Å². The Kier molecular flexibility index (Phi) is 7.53. The van der Waals surface area contributed by atoms with Crippen LogP contribution in [0.15, 0.2) is 35.1 Å². The number of pyridine rings is 1. The zero-order valence-corrected chi connectivity index (χ0v) is 21.7. The molecule has 1 saturated heterocycles. The molecule has 1 atom stereocenters. The van der Waals surface area contributed by atoms with Crippen molar-refractivity contribution in [3.05, 3.63) is 66.9 Å². The van der Waals surface area contributed by atoms with E-state index < -0.39 is 28.3 Å². The Bertz CT molecular complexity index is 1470. The molecule has 0 saturated carbocycles. The summed E-state index contributed by atoms with van der Waals surface area (Å²) in [6.07, 6.45) is -3.41. The molecule has 0 aliphatic carbocycles. The molecule has 2 heterocycles. The second-order valence-electron chi connectivity index (χ2n) is 9.68. The van der Waals surface area contributed by atoms with Crippen LogP contribution in [-0.2, 0) is 4.79 Å². The number of carbonyl (C=O) groups is 1. The van der Waals surface area contributed by atoms with E-state index >= 15 is 0 Å². The van der Waals surface area contributed by atoms with Gasteiger partial charge in [-0.2, -0.15) is 13.2 Å². The molecule has 0 spiro atoms. The van der Waals surface area contributed by atoms with E-state index in [0.29, 0.717) is 4.90 Å². The number of nitrogens with one attached hydrogen (secondary N) is 1. The lowest BCUT2D eigenvalue weighted by molar-refractivity contribution is -0.384. The summed E-state index contributed by atoms with van der Waals surface area (Å²) in [4.78, 5) is 42.4. The zero-order valence-electron chi connectivity index (χ0n) is 21.0. The molecular weight excluding hydrogens is 525 g/mol. The SMILES string of the molecule is Cc1cc(C)cc(-c2c(N(CCC3CCCN3C)C(=O)C(F)(F)F)c3cc([N+](=O)[O-])c(Cl)cc3[nH]c2=O)c1. The van der Waals surface area contributed by atoms with Crippen LogP contribution in [0.25, 0.3) is 22.0 Å². The van der Waals surface area contributed by atoms with Crippen LogP contribution in [0.3, 0.4) is 0 Å². The van der Waals surface area contributed by atoms with Gasteiger partial charge in [0.1, 0.15) is 5.02 Å². The number of hydrogen-bond donors (Lipinski definition) is 1. The number of aromatic nitrogens is 1. The number of benzene rings is 2. The molecule has 0 radical (unpaired) electrons. The van der Waals surface area contributed by atoms with Gasteiger partial charge in [0.25, 0.3) is 11.2 Å². The highest BCUT2D eigenvalue weighted by molar-refractivity contribution is 6.33. The third-order valence-corrected chi connectivity index (χ3v) is 7.18. The molecule has 1 aromatic heterocycles. The highest BCUT2D eigenvalue weighted by Crippen LogP contribution is 2.40. The second-order valence-corrected chi connectivity index (χ2v) is 10.1. The van der Waals surface area contributed by atoms with Crippen LogP contribution in [0.4, 0.5) is 24.5 Å². The maximum absolute atomic E-state index is 14.0. The summed E-state index contributed by atoms with van der Waals surface area (Å²) in [5.41, 5.74) is -0.0746. The molecule has 1 fully saturated rings. The second kappa shape index (κ2) is 10.4. The normalized spacial score (nSPS) is 16.2. The number of aromatic amines is 1. The average molecular weight is 551 g/mol. The Hall–Kier alpha value is -3.44. The zero-order chi connectivity index (χ0) is 27.9. The molecule has 8 nitrogen and oxygen atoms in total. The largest absolute Gasteiger partial charge is 0.471 e. The lowest BCUT2D eigenvalue weighted by Crippen LogP contribution is -2.44. The summed E-state index contributed by atoms with van der Waals surface area (Å²) in [6.45, 7) is 3.97. The number of aryl methyl sites for hydroxylation is 2. The van der Waals surface area contributed by atoms with E-state index in [9.17, 15) is 32.9 Å². The first-order valence-electron chi connectivity index (χ1n) is 12.0. The minimum atomic E-state index is -5.26. The Balaban J connectivity index is 2.07. The minimum Gasteiger partial charge on any atom is -0.321 e. The van der Waals surface area contributed by atoms with Gasteiger partial charge in [-0.3, -0.25) is 19.7 Å². The van der Waals surface area contributed by atoms with Crippen molar-refractivity contribution in [1.82, 2.24) is 9.88 Å². The lowest BCUT2D eigenvalue weighted by Gasteiger charge is -2.29.